The minimum absolute atomic E-state index is 0.00502. The maximum Gasteiger partial charge on any atom is 0.185 e. The van der Waals surface area contributed by atoms with Crippen LogP contribution in [0.15, 0.2) is 12.1 Å². The lowest BCUT2D eigenvalue weighted by Crippen LogP contribution is -2.22. The standard InChI is InChI=1S/C12H14F2O3S/c1-6-8(3-4-9(13)11(6)14)12(17)10(16)5-18-7(2)15/h3-4,10,12,16-17H,5H2,1-2H3. The molecule has 2 atom stereocenters. The molecule has 100 valence electrons. The van der Waals surface area contributed by atoms with Crippen molar-refractivity contribution in [1.29, 1.82) is 0 Å². The lowest BCUT2D eigenvalue weighted by atomic mass is 9.99. The van der Waals surface area contributed by atoms with Gasteiger partial charge in [-0.3, -0.25) is 4.79 Å². The summed E-state index contributed by atoms with van der Waals surface area (Å²) in [6, 6.07) is 2.12. The second-order valence-corrected chi connectivity index (χ2v) is 5.09. The summed E-state index contributed by atoms with van der Waals surface area (Å²) in [5.41, 5.74) is 0.0694. The lowest BCUT2D eigenvalue weighted by molar-refractivity contribution is -0.109. The number of benzene rings is 1. The minimum atomic E-state index is -1.35. The van der Waals surface area contributed by atoms with Crippen LogP contribution in [0.3, 0.4) is 0 Å². The van der Waals surface area contributed by atoms with Gasteiger partial charge in [0.25, 0.3) is 0 Å². The highest BCUT2D eigenvalue weighted by atomic mass is 32.2. The van der Waals surface area contributed by atoms with Crippen LogP contribution in [0.1, 0.15) is 24.2 Å². The van der Waals surface area contributed by atoms with Gasteiger partial charge in [-0.2, -0.15) is 0 Å². The number of hydrogen-bond acceptors (Lipinski definition) is 4. The fraction of sp³-hybridized carbons (Fsp3) is 0.417. The Balaban J connectivity index is 2.86. The quantitative estimate of drug-likeness (QED) is 0.882. The Morgan fingerprint density at radius 1 is 1.39 bits per heavy atom. The molecule has 2 N–H and O–H groups in total. The molecule has 3 nitrogen and oxygen atoms in total. The van der Waals surface area contributed by atoms with Gasteiger partial charge in [-0.15, -0.1) is 0 Å². The second-order valence-electron chi connectivity index (χ2n) is 3.89. The van der Waals surface area contributed by atoms with Gasteiger partial charge in [0, 0.05) is 12.7 Å². The van der Waals surface area contributed by atoms with Crippen molar-refractivity contribution in [1.82, 2.24) is 0 Å². The van der Waals surface area contributed by atoms with Crippen molar-refractivity contribution >= 4 is 16.9 Å². The summed E-state index contributed by atoms with van der Waals surface area (Å²) in [7, 11) is 0. The molecule has 0 saturated heterocycles. The smallest absolute Gasteiger partial charge is 0.185 e. The number of carbonyl (C=O) groups is 1. The van der Waals surface area contributed by atoms with Crippen molar-refractivity contribution < 1.29 is 23.8 Å². The number of aliphatic hydroxyl groups is 2. The highest BCUT2D eigenvalue weighted by Crippen LogP contribution is 2.25. The molecule has 0 fully saturated rings. The largest absolute Gasteiger partial charge is 0.389 e. The first kappa shape index (κ1) is 15.1. The van der Waals surface area contributed by atoms with E-state index in [2.05, 4.69) is 0 Å². The van der Waals surface area contributed by atoms with Gasteiger partial charge in [-0.1, -0.05) is 17.8 Å². The molecule has 18 heavy (non-hydrogen) atoms. The van der Waals surface area contributed by atoms with Crippen molar-refractivity contribution in [3.63, 3.8) is 0 Å². The topological polar surface area (TPSA) is 57.5 Å². The molecule has 0 saturated carbocycles. The van der Waals surface area contributed by atoms with Crippen LogP contribution in [0.25, 0.3) is 0 Å². The lowest BCUT2D eigenvalue weighted by Gasteiger charge is -2.19. The summed E-state index contributed by atoms with van der Waals surface area (Å²) in [5, 5.41) is 19.3. The predicted octanol–water partition coefficient (Wildman–Crippen LogP) is 1.95. The molecule has 1 aromatic rings. The van der Waals surface area contributed by atoms with E-state index in [1.807, 2.05) is 0 Å². The maximum absolute atomic E-state index is 13.3. The molecule has 1 aromatic carbocycles. The van der Waals surface area contributed by atoms with E-state index >= 15 is 0 Å². The highest BCUT2D eigenvalue weighted by Gasteiger charge is 2.23. The molecule has 6 heteroatoms. The molecule has 0 bridgehead atoms. The summed E-state index contributed by atoms with van der Waals surface area (Å²) in [5.74, 6) is -2.05. The normalized spacial score (nSPS) is 14.3. The van der Waals surface area contributed by atoms with Gasteiger partial charge in [0.15, 0.2) is 16.7 Å². The summed E-state index contributed by atoms with van der Waals surface area (Å²) >= 11 is 0.859. The predicted molar refractivity (Wildman–Crippen MR) is 65.2 cm³/mol. The number of rotatable bonds is 4. The Labute approximate surface area is 108 Å². The summed E-state index contributed by atoms with van der Waals surface area (Å²) in [6.45, 7) is 2.66. The molecule has 0 heterocycles. The van der Waals surface area contributed by atoms with E-state index in [0.717, 1.165) is 17.8 Å². The van der Waals surface area contributed by atoms with E-state index < -0.39 is 23.8 Å². The fourth-order valence-corrected chi connectivity index (χ4v) is 2.08. The molecule has 0 spiro atoms. The van der Waals surface area contributed by atoms with Gasteiger partial charge in [0.2, 0.25) is 0 Å². The number of carbonyl (C=O) groups excluding carboxylic acids is 1. The van der Waals surface area contributed by atoms with Crippen molar-refractivity contribution in [2.45, 2.75) is 26.1 Å². The van der Waals surface area contributed by atoms with Crippen LogP contribution < -0.4 is 0 Å². The fourth-order valence-electron chi connectivity index (χ4n) is 1.49. The Hall–Kier alpha value is -0.980. The Bertz CT molecular complexity index is 451. The first-order valence-electron chi connectivity index (χ1n) is 5.28. The number of aliphatic hydroxyl groups excluding tert-OH is 2. The molecular formula is C12H14F2O3S. The Kier molecular flexibility index (Phi) is 5.25. The Morgan fingerprint density at radius 3 is 2.56 bits per heavy atom. The maximum atomic E-state index is 13.3. The molecule has 0 aliphatic rings. The SMILES string of the molecule is CC(=O)SCC(O)C(O)c1ccc(F)c(F)c1C. The van der Waals surface area contributed by atoms with Gasteiger partial charge in [-0.25, -0.2) is 8.78 Å². The zero-order valence-corrected chi connectivity index (χ0v) is 10.8. The van der Waals surface area contributed by atoms with E-state index in [1.165, 1.54) is 19.9 Å². The van der Waals surface area contributed by atoms with Crippen LogP contribution in [0.5, 0.6) is 0 Å². The molecule has 0 aliphatic carbocycles. The molecule has 2 unspecified atom stereocenters. The van der Waals surface area contributed by atoms with Crippen LogP contribution in [0, 0.1) is 18.6 Å². The zero-order valence-electron chi connectivity index (χ0n) is 9.98. The average Bonchev–Trinajstić information content (AvgIpc) is 2.32. The van der Waals surface area contributed by atoms with Crippen molar-refractivity contribution in [3.8, 4) is 0 Å². The minimum Gasteiger partial charge on any atom is -0.389 e. The van der Waals surface area contributed by atoms with Crippen LogP contribution in [0.4, 0.5) is 8.78 Å². The Morgan fingerprint density at radius 2 is 2.00 bits per heavy atom. The van der Waals surface area contributed by atoms with E-state index in [4.69, 9.17) is 0 Å². The first-order valence-corrected chi connectivity index (χ1v) is 6.27. The van der Waals surface area contributed by atoms with Crippen molar-refractivity contribution in [2.75, 3.05) is 5.75 Å². The van der Waals surface area contributed by atoms with Crippen LogP contribution in [-0.2, 0) is 4.79 Å². The molecule has 1 rings (SSSR count). The third kappa shape index (κ3) is 3.51. The van der Waals surface area contributed by atoms with E-state index in [9.17, 15) is 23.8 Å². The second kappa shape index (κ2) is 6.26. The van der Waals surface area contributed by atoms with Crippen molar-refractivity contribution in [3.05, 3.63) is 34.9 Å². The molecular weight excluding hydrogens is 262 g/mol. The number of thioether (sulfide) groups is 1. The van der Waals surface area contributed by atoms with E-state index in [0.29, 0.717) is 0 Å². The monoisotopic (exact) mass is 276 g/mol. The van der Waals surface area contributed by atoms with Gasteiger partial charge in [-0.05, 0) is 24.1 Å². The van der Waals surface area contributed by atoms with E-state index in [1.54, 1.807) is 0 Å². The molecule has 0 radical (unpaired) electrons. The summed E-state index contributed by atoms with van der Waals surface area (Å²) in [4.78, 5) is 10.7. The van der Waals surface area contributed by atoms with Crippen LogP contribution in [0.2, 0.25) is 0 Å². The summed E-state index contributed by atoms with van der Waals surface area (Å²) < 4.78 is 26.2. The molecule has 0 aliphatic heterocycles. The van der Waals surface area contributed by atoms with Crippen LogP contribution >= 0.6 is 11.8 Å². The average molecular weight is 276 g/mol. The molecule has 0 amide bonds. The van der Waals surface area contributed by atoms with Crippen LogP contribution in [-0.4, -0.2) is 27.2 Å². The zero-order chi connectivity index (χ0) is 13.9. The first-order chi connectivity index (χ1) is 8.34. The summed E-state index contributed by atoms with van der Waals surface area (Å²) in [6.07, 6.45) is -2.57. The number of halogens is 2. The highest BCUT2D eigenvalue weighted by molar-refractivity contribution is 8.13. The van der Waals surface area contributed by atoms with Gasteiger partial charge < -0.3 is 10.2 Å². The van der Waals surface area contributed by atoms with Gasteiger partial charge in [0.1, 0.15) is 6.10 Å². The third-order valence-corrected chi connectivity index (χ3v) is 3.44. The van der Waals surface area contributed by atoms with E-state index in [-0.39, 0.29) is 22.0 Å². The molecule has 0 aromatic heterocycles. The number of hydrogen-bond donors (Lipinski definition) is 2. The third-order valence-electron chi connectivity index (χ3n) is 2.52. The van der Waals surface area contributed by atoms with Gasteiger partial charge >= 0.3 is 0 Å². The van der Waals surface area contributed by atoms with Gasteiger partial charge in [0.05, 0.1) is 6.10 Å². The van der Waals surface area contributed by atoms with Crippen molar-refractivity contribution in [2.24, 2.45) is 0 Å².